The van der Waals surface area contributed by atoms with Gasteiger partial charge in [0, 0.05) is 6.61 Å². The van der Waals surface area contributed by atoms with E-state index in [2.05, 4.69) is 13.8 Å². The van der Waals surface area contributed by atoms with Crippen LogP contribution >= 0.6 is 0 Å². The Labute approximate surface area is 89.0 Å². The first-order chi connectivity index (χ1) is 6.85. The molecule has 0 N–H and O–H groups in total. The van der Waals surface area contributed by atoms with Crippen LogP contribution in [0.3, 0.4) is 0 Å². The van der Waals surface area contributed by atoms with Crippen LogP contribution in [0.5, 0.6) is 0 Å². The molecule has 0 saturated carbocycles. The van der Waals surface area contributed by atoms with Crippen LogP contribution in [-0.4, -0.2) is 12.9 Å². The molecule has 85 valence electrons. The molecule has 0 aromatic carbocycles. The molecule has 0 aliphatic heterocycles. The van der Waals surface area contributed by atoms with Crippen molar-refractivity contribution in [2.75, 3.05) is 6.61 Å². The molecule has 0 rings (SSSR count). The highest BCUT2D eigenvalue weighted by atomic mass is 16.7. The quantitative estimate of drug-likeness (QED) is 0.394. The first-order valence-electron chi connectivity index (χ1n) is 5.90. The highest BCUT2D eigenvalue weighted by Gasteiger charge is 2.07. The van der Waals surface area contributed by atoms with Crippen molar-refractivity contribution in [3.05, 3.63) is 6.61 Å². The second kappa shape index (κ2) is 11.0. The molecule has 14 heavy (non-hydrogen) atoms. The maximum atomic E-state index is 5.62. The maximum Gasteiger partial charge on any atom is 0.158 e. The monoisotopic (exact) mass is 201 g/mol. The van der Waals surface area contributed by atoms with Gasteiger partial charge < -0.3 is 9.47 Å². The van der Waals surface area contributed by atoms with Gasteiger partial charge in [-0.15, -0.1) is 0 Å². The molecular formula is C12H25O2. The third-order valence-electron chi connectivity index (χ3n) is 2.13. The van der Waals surface area contributed by atoms with Gasteiger partial charge in [-0.25, -0.2) is 0 Å². The zero-order chi connectivity index (χ0) is 10.6. The van der Waals surface area contributed by atoms with Crippen molar-refractivity contribution in [3.63, 3.8) is 0 Å². The number of ether oxygens (including phenoxy) is 2. The van der Waals surface area contributed by atoms with Crippen LogP contribution in [0.1, 0.15) is 59.3 Å². The van der Waals surface area contributed by atoms with Crippen molar-refractivity contribution in [1.82, 2.24) is 0 Å². The van der Waals surface area contributed by atoms with Gasteiger partial charge in [-0.1, -0.05) is 33.1 Å². The van der Waals surface area contributed by atoms with Gasteiger partial charge in [0.15, 0.2) is 6.29 Å². The lowest BCUT2D eigenvalue weighted by Crippen LogP contribution is -2.16. The van der Waals surface area contributed by atoms with E-state index in [0.717, 1.165) is 19.4 Å². The molecule has 0 aliphatic rings. The number of rotatable bonds is 10. The summed E-state index contributed by atoms with van der Waals surface area (Å²) in [5.74, 6) is 0. The van der Waals surface area contributed by atoms with E-state index in [1.165, 1.54) is 25.7 Å². The van der Waals surface area contributed by atoms with Crippen LogP contribution in [0.2, 0.25) is 0 Å². The Hall–Kier alpha value is -0.0800. The highest BCUT2D eigenvalue weighted by molar-refractivity contribution is 4.50. The topological polar surface area (TPSA) is 18.5 Å². The van der Waals surface area contributed by atoms with Crippen LogP contribution in [-0.2, 0) is 9.47 Å². The molecule has 2 heteroatoms. The Bertz CT molecular complexity index is 94.5. The summed E-state index contributed by atoms with van der Waals surface area (Å²) in [5.41, 5.74) is 0. The molecular weight excluding hydrogens is 176 g/mol. The van der Waals surface area contributed by atoms with Crippen LogP contribution in [0.4, 0.5) is 0 Å². The molecule has 1 unspecified atom stereocenters. The van der Waals surface area contributed by atoms with E-state index in [0.29, 0.717) is 0 Å². The van der Waals surface area contributed by atoms with Crippen molar-refractivity contribution >= 4 is 0 Å². The smallest absolute Gasteiger partial charge is 0.158 e. The van der Waals surface area contributed by atoms with Crippen LogP contribution in [0, 0.1) is 6.61 Å². The van der Waals surface area contributed by atoms with Gasteiger partial charge in [0.25, 0.3) is 0 Å². The normalized spacial score (nSPS) is 13.1. The molecule has 0 fully saturated rings. The first-order valence-corrected chi connectivity index (χ1v) is 5.90. The van der Waals surface area contributed by atoms with Crippen LogP contribution in [0.15, 0.2) is 0 Å². The Morgan fingerprint density at radius 3 is 2.36 bits per heavy atom. The van der Waals surface area contributed by atoms with Gasteiger partial charge >= 0.3 is 0 Å². The minimum Gasteiger partial charge on any atom is -0.353 e. The molecule has 0 aromatic heterocycles. The summed E-state index contributed by atoms with van der Waals surface area (Å²) < 4.78 is 11.0. The van der Waals surface area contributed by atoms with E-state index in [1.54, 1.807) is 6.61 Å². The lowest BCUT2D eigenvalue weighted by molar-refractivity contribution is -0.125. The van der Waals surface area contributed by atoms with Crippen LogP contribution < -0.4 is 0 Å². The summed E-state index contributed by atoms with van der Waals surface area (Å²) in [6, 6.07) is 0. The lowest BCUT2D eigenvalue weighted by atomic mass is 10.2. The molecule has 0 heterocycles. The summed E-state index contributed by atoms with van der Waals surface area (Å²) in [7, 11) is 0. The SMILES string of the molecule is C[CH]OC(CCCCC)OCCCC. The largest absolute Gasteiger partial charge is 0.353 e. The zero-order valence-corrected chi connectivity index (χ0v) is 9.92. The summed E-state index contributed by atoms with van der Waals surface area (Å²) in [4.78, 5) is 0. The van der Waals surface area contributed by atoms with Gasteiger partial charge in [-0.2, -0.15) is 0 Å². The van der Waals surface area contributed by atoms with Crippen molar-refractivity contribution < 1.29 is 9.47 Å². The fraction of sp³-hybridized carbons (Fsp3) is 0.917. The Morgan fingerprint density at radius 1 is 1.07 bits per heavy atom. The van der Waals surface area contributed by atoms with Crippen molar-refractivity contribution in [3.8, 4) is 0 Å². The average Bonchev–Trinajstić information content (AvgIpc) is 2.18. The first kappa shape index (κ1) is 13.9. The zero-order valence-electron chi connectivity index (χ0n) is 9.92. The molecule has 0 bridgehead atoms. The highest BCUT2D eigenvalue weighted by Crippen LogP contribution is 2.09. The molecule has 0 aromatic rings. The molecule has 0 aliphatic carbocycles. The van der Waals surface area contributed by atoms with E-state index in [1.807, 2.05) is 6.92 Å². The standard InChI is InChI=1S/C12H25O2/c1-4-7-9-10-12(13-6-3)14-11-8-5-2/h6,12H,4-5,7-11H2,1-3H3. The number of unbranched alkanes of at least 4 members (excludes halogenated alkanes) is 3. The molecule has 1 radical (unpaired) electrons. The fourth-order valence-electron chi connectivity index (χ4n) is 1.26. The summed E-state index contributed by atoms with van der Waals surface area (Å²) in [6.45, 7) is 8.82. The number of hydrogen-bond donors (Lipinski definition) is 0. The van der Waals surface area contributed by atoms with Crippen molar-refractivity contribution in [2.24, 2.45) is 0 Å². The lowest BCUT2D eigenvalue weighted by Gasteiger charge is -2.17. The van der Waals surface area contributed by atoms with E-state index >= 15 is 0 Å². The van der Waals surface area contributed by atoms with Gasteiger partial charge in [-0.05, 0) is 26.2 Å². The predicted octanol–water partition coefficient (Wildman–Crippen LogP) is 3.91. The van der Waals surface area contributed by atoms with Crippen molar-refractivity contribution in [1.29, 1.82) is 0 Å². The third-order valence-corrected chi connectivity index (χ3v) is 2.13. The summed E-state index contributed by atoms with van der Waals surface area (Å²) in [6.07, 6.45) is 7.01. The van der Waals surface area contributed by atoms with Gasteiger partial charge in [0.05, 0.1) is 6.61 Å². The van der Waals surface area contributed by atoms with Crippen molar-refractivity contribution in [2.45, 2.75) is 65.6 Å². The van der Waals surface area contributed by atoms with Gasteiger partial charge in [-0.3, -0.25) is 0 Å². The molecule has 1 atom stereocenters. The molecule has 0 amide bonds. The maximum absolute atomic E-state index is 5.62. The Balaban J connectivity index is 3.44. The average molecular weight is 201 g/mol. The molecule has 0 spiro atoms. The fourth-order valence-corrected chi connectivity index (χ4v) is 1.26. The Kier molecular flexibility index (Phi) is 10.9. The van der Waals surface area contributed by atoms with Crippen LogP contribution in [0.25, 0.3) is 0 Å². The second-order valence-corrected chi connectivity index (χ2v) is 3.52. The second-order valence-electron chi connectivity index (χ2n) is 3.52. The molecule has 0 saturated heterocycles. The van der Waals surface area contributed by atoms with E-state index < -0.39 is 0 Å². The summed E-state index contributed by atoms with van der Waals surface area (Å²) in [5, 5.41) is 0. The van der Waals surface area contributed by atoms with E-state index in [4.69, 9.17) is 9.47 Å². The minimum atomic E-state index is -0.0156. The third kappa shape index (κ3) is 8.52. The Morgan fingerprint density at radius 2 is 1.79 bits per heavy atom. The minimum absolute atomic E-state index is 0.0156. The predicted molar refractivity (Wildman–Crippen MR) is 59.8 cm³/mol. The van der Waals surface area contributed by atoms with E-state index in [-0.39, 0.29) is 6.29 Å². The van der Waals surface area contributed by atoms with Gasteiger partial charge in [0.2, 0.25) is 0 Å². The summed E-state index contributed by atoms with van der Waals surface area (Å²) >= 11 is 0. The molecule has 2 nitrogen and oxygen atoms in total. The number of hydrogen-bond acceptors (Lipinski definition) is 2. The van der Waals surface area contributed by atoms with Gasteiger partial charge in [0.1, 0.15) is 0 Å². The van der Waals surface area contributed by atoms with E-state index in [9.17, 15) is 0 Å².